The first kappa shape index (κ1) is 63.9. The molecule has 1 N–H and O–H groups in total. The molecule has 0 aliphatic heterocycles. The number of aliphatic imine (C=N–C) groups is 2. The van der Waals surface area contributed by atoms with Crippen molar-refractivity contribution in [1.29, 1.82) is 0 Å². The summed E-state index contributed by atoms with van der Waals surface area (Å²) in [5.74, 6) is 0. The smallest absolute Gasteiger partial charge is 0.148 e. The van der Waals surface area contributed by atoms with Crippen LogP contribution in [0.25, 0.3) is 0 Å². The molecule has 0 aliphatic carbocycles. The van der Waals surface area contributed by atoms with Crippen LogP contribution in [0.5, 0.6) is 0 Å². The number of hydrogen-bond donors (Lipinski definition) is 1. The van der Waals surface area contributed by atoms with E-state index in [4.69, 9.17) is 18.9 Å². The van der Waals surface area contributed by atoms with E-state index in [0.29, 0.717) is 30.8 Å². The number of nitrogens with zero attached hydrogens (tertiary/aromatic N) is 2. The maximum atomic E-state index is 5.50. The predicted molar refractivity (Wildman–Crippen MR) is 254 cm³/mol. The highest BCUT2D eigenvalue weighted by atomic mass is 16.7. The first-order valence-corrected chi connectivity index (χ1v) is 21.1. The zero-order valence-electron chi connectivity index (χ0n) is 43.9. The van der Waals surface area contributed by atoms with Crippen molar-refractivity contribution in [2.75, 3.05) is 26.6 Å². The van der Waals surface area contributed by atoms with Gasteiger partial charge in [-0.25, -0.2) is 0 Å². The molecule has 56 heavy (non-hydrogen) atoms. The molecule has 340 valence electrons. The fourth-order valence-electron chi connectivity index (χ4n) is 2.81. The van der Waals surface area contributed by atoms with Crippen LogP contribution in [0, 0.1) is 21.7 Å². The fourth-order valence-corrected chi connectivity index (χ4v) is 2.81. The molecule has 0 spiro atoms. The van der Waals surface area contributed by atoms with Crippen LogP contribution < -0.4 is 5.32 Å². The molecule has 0 rings (SSSR count). The van der Waals surface area contributed by atoms with Crippen molar-refractivity contribution < 1.29 is 18.9 Å². The van der Waals surface area contributed by atoms with Crippen LogP contribution in [-0.4, -0.2) is 72.5 Å². The standard InChI is InChI=1S/3C10H21N.C10H22O2.C9H20O2/c1-9(2,3)7-11-8-10(4,5)6;2*1-9(2,3)7-8-11-10(4,5)6;1-9(2,3)11-7-8-12-10(4,5)6;1-8(2,3)10-7-11-9(4,5)6/h7H,8H2,1-6H3;8H,7H2,1-6H3;7-8,11H,1-6H3;7-8H2,1-6H3;7H2,1-6H3/b;;8-7-;;. The van der Waals surface area contributed by atoms with Crippen LogP contribution in [0.3, 0.4) is 0 Å². The molecule has 0 saturated heterocycles. The normalized spacial score (nSPS) is 14.0. The summed E-state index contributed by atoms with van der Waals surface area (Å²) in [7, 11) is 0. The summed E-state index contributed by atoms with van der Waals surface area (Å²) in [6.07, 6.45) is 9.36. The van der Waals surface area contributed by atoms with Crippen LogP contribution in [0.4, 0.5) is 0 Å². The molecule has 0 heterocycles. The number of nitrogens with one attached hydrogen (secondary N) is 1. The van der Waals surface area contributed by atoms with Crippen LogP contribution in [-0.2, 0) is 18.9 Å². The maximum absolute atomic E-state index is 5.50. The Labute approximate surface area is 353 Å². The molecule has 0 unspecified atom stereocenters. The molecule has 7 nitrogen and oxygen atoms in total. The summed E-state index contributed by atoms with van der Waals surface area (Å²) in [6, 6.07) is 0. The second kappa shape index (κ2) is 26.7. The SMILES string of the molecule is CC(C)(C)/C=C\NC(C)(C)C.CC(C)(C)C=NCC(C)(C)C.CC(C)(C)CC=NC(C)(C)C.CC(C)(C)OCCOC(C)(C)C.CC(C)(C)OCOC(C)(C)C. The minimum atomic E-state index is -0.106. The second-order valence-corrected chi connectivity index (χ2v) is 25.3. The van der Waals surface area contributed by atoms with E-state index in [9.17, 15) is 0 Å². The molecule has 0 bridgehead atoms. The Bertz CT molecular complexity index is 904. The third-order valence-corrected chi connectivity index (χ3v) is 5.46. The van der Waals surface area contributed by atoms with Gasteiger partial charge in [-0.1, -0.05) is 89.2 Å². The van der Waals surface area contributed by atoms with Gasteiger partial charge >= 0.3 is 0 Å². The molecule has 0 aliphatic rings. The lowest BCUT2D eigenvalue weighted by molar-refractivity contribution is -0.163. The monoisotopic (exact) mass is 800 g/mol. The topological polar surface area (TPSA) is 73.7 Å². The fraction of sp³-hybridized carbons (Fsp3) is 0.918. The molecule has 7 heteroatoms. The molecule has 0 radical (unpaired) electrons. The third-order valence-electron chi connectivity index (χ3n) is 5.46. The van der Waals surface area contributed by atoms with Crippen molar-refractivity contribution in [3.05, 3.63) is 12.3 Å². The van der Waals surface area contributed by atoms with E-state index in [1.54, 1.807) is 0 Å². The number of hydrogen-bond acceptors (Lipinski definition) is 7. The van der Waals surface area contributed by atoms with E-state index in [0.717, 1.165) is 13.0 Å². The van der Waals surface area contributed by atoms with Gasteiger partial charge in [0, 0.05) is 18.3 Å². The summed E-state index contributed by atoms with van der Waals surface area (Å²) in [6.45, 7) is 66.1. The molecular formula is C49H105N3O4. The van der Waals surface area contributed by atoms with Crippen molar-refractivity contribution >= 4 is 12.4 Å². The third kappa shape index (κ3) is 89.4. The summed E-state index contributed by atoms with van der Waals surface area (Å²) in [5, 5.41) is 3.30. The summed E-state index contributed by atoms with van der Waals surface area (Å²) in [5.41, 5.74) is 1.14. The second-order valence-electron chi connectivity index (χ2n) is 25.3. The van der Waals surface area contributed by atoms with Gasteiger partial charge < -0.3 is 24.3 Å². The Morgan fingerprint density at radius 2 is 0.804 bits per heavy atom. The van der Waals surface area contributed by atoms with Crippen LogP contribution in [0.1, 0.15) is 214 Å². The van der Waals surface area contributed by atoms with Crippen molar-refractivity contribution in [1.82, 2.24) is 5.32 Å². The van der Waals surface area contributed by atoms with E-state index in [2.05, 4.69) is 146 Å². The van der Waals surface area contributed by atoms with E-state index in [-0.39, 0.29) is 44.3 Å². The van der Waals surface area contributed by atoms with Gasteiger partial charge in [0.1, 0.15) is 6.79 Å². The largest absolute Gasteiger partial charge is 0.387 e. The van der Waals surface area contributed by atoms with E-state index in [1.807, 2.05) is 102 Å². The van der Waals surface area contributed by atoms with E-state index < -0.39 is 0 Å². The number of rotatable bonds is 8. The molecule has 0 aromatic carbocycles. The van der Waals surface area contributed by atoms with E-state index in [1.165, 1.54) is 0 Å². The van der Waals surface area contributed by atoms with Crippen molar-refractivity contribution in [2.24, 2.45) is 31.6 Å². The van der Waals surface area contributed by atoms with Crippen molar-refractivity contribution in [3.63, 3.8) is 0 Å². The highest BCUT2D eigenvalue weighted by Crippen LogP contribution is 2.18. The maximum Gasteiger partial charge on any atom is 0.148 e. The lowest BCUT2D eigenvalue weighted by atomic mass is 9.93. The minimum absolute atomic E-state index is 0.0543. The van der Waals surface area contributed by atoms with Crippen molar-refractivity contribution in [2.45, 2.75) is 248 Å². The van der Waals surface area contributed by atoms with Gasteiger partial charge in [-0.2, -0.15) is 0 Å². The van der Waals surface area contributed by atoms with Gasteiger partial charge in [0.15, 0.2) is 0 Å². The Kier molecular flexibility index (Phi) is 30.5. The van der Waals surface area contributed by atoms with Crippen LogP contribution in [0.2, 0.25) is 0 Å². The zero-order chi connectivity index (χ0) is 46.3. The molecular weight excluding hydrogens is 695 g/mol. The minimum Gasteiger partial charge on any atom is -0.387 e. The molecule has 0 fully saturated rings. The molecule has 0 amide bonds. The molecule has 0 aromatic heterocycles. The lowest BCUT2D eigenvalue weighted by Gasteiger charge is -2.24. The average Bonchev–Trinajstić information content (AvgIpc) is 2.80. The van der Waals surface area contributed by atoms with Crippen LogP contribution >= 0.6 is 0 Å². The number of allylic oxidation sites excluding steroid dienone is 1. The van der Waals surface area contributed by atoms with Gasteiger partial charge in [0.05, 0.1) is 41.2 Å². The highest BCUT2D eigenvalue weighted by molar-refractivity contribution is 5.63. The predicted octanol–water partition coefficient (Wildman–Crippen LogP) is 14.6. The molecule has 0 atom stereocenters. The van der Waals surface area contributed by atoms with Crippen LogP contribution in [0.15, 0.2) is 22.3 Å². The first-order valence-electron chi connectivity index (χ1n) is 21.1. The van der Waals surface area contributed by atoms with Gasteiger partial charge in [-0.3, -0.25) is 9.98 Å². The summed E-state index contributed by atoms with van der Waals surface area (Å²) >= 11 is 0. The van der Waals surface area contributed by atoms with Gasteiger partial charge in [-0.15, -0.1) is 0 Å². The van der Waals surface area contributed by atoms with Crippen molar-refractivity contribution in [3.8, 4) is 0 Å². The van der Waals surface area contributed by atoms with Gasteiger partial charge in [0.25, 0.3) is 0 Å². The van der Waals surface area contributed by atoms with Gasteiger partial charge in [0.2, 0.25) is 0 Å². The first-order chi connectivity index (χ1) is 24.0. The van der Waals surface area contributed by atoms with E-state index >= 15 is 0 Å². The molecule has 0 aromatic rings. The Morgan fingerprint density at radius 1 is 0.446 bits per heavy atom. The Morgan fingerprint density at radius 3 is 1.04 bits per heavy atom. The quantitative estimate of drug-likeness (QED) is 0.150. The Hall–Kier alpha value is -1.28. The summed E-state index contributed by atoms with van der Waals surface area (Å²) in [4.78, 5) is 8.81. The summed E-state index contributed by atoms with van der Waals surface area (Å²) < 4.78 is 21.8. The highest BCUT2D eigenvalue weighted by Gasteiger charge is 2.15. The Balaban J connectivity index is -0.000000194. The zero-order valence-corrected chi connectivity index (χ0v) is 43.9. The average molecular weight is 800 g/mol. The molecule has 0 saturated carbocycles. The van der Waals surface area contributed by atoms with Gasteiger partial charge in [-0.05, 0) is 165 Å². The number of ether oxygens (including phenoxy) is 4. The lowest BCUT2D eigenvalue weighted by Crippen LogP contribution is -2.31.